The number of piperidine rings is 1. The van der Waals surface area contributed by atoms with E-state index in [9.17, 15) is 9.59 Å². The van der Waals surface area contributed by atoms with Gasteiger partial charge in [-0.15, -0.1) is 0 Å². The Morgan fingerprint density at radius 2 is 2.16 bits per heavy atom. The predicted molar refractivity (Wildman–Crippen MR) is 71.4 cm³/mol. The van der Waals surface area contributed by atoms with Crippen LogP contribution in [0.15, 0.2) is 24.3 Å². The smallest absolute Gasteiger partial charge is 0.256 e. The summed E-state index contributed by atoms with van der Waals surface area (Å²) in [5, 5.41) is 2.85. The molecule has 2 fully saturated rings. The van der Waals surface area contributed by atoms with E-state index < -0.39 is 0 Å². The van der Waals surface area contributed by atoms with Gasteiger partial charge in [0.25, 0.3) is 5.91 Å². The number of nitrogen functional groups attached to an aromatic ring is 1. The minimum absolute atomic E-state index is 0.0200. The van der Waals surface area contributed by atoms with Crippen molar-refractivity contribution in [3.63, 3.8) is 0 Å². The molecule has 2 saturated heterocycles. The van der Waals surface area contributed by atoms with Crippen LogP contribution in [0.1, 0.15) is 23.2 Å². The monoisotopic (exact) mass is 259 g/mol. The van der Waals surface area contributed by atoms with Gasteiger partial charge in [0.1, 0.15) is 0 Å². The first kappa shape index (κ1) is 12.0. The first-order valence-electron chi connectivity index (χ1n) is 6.61. The summed E-state index contributed by atoms with van der Waals surface area (Å²) < 4.78 is 0. The van der Waals surface area contributed by atoms with E-state index in [1.54, 1.807) is 17.0 Å². The molecule has 0 spiro atoms. The highest BCUT2D eigenvalue weighted by Gasteiger charge is 2.42. The van der Waals surface area contributed by atoms with E-state index in [0.717, 1.165) is 12.8 Å². The molecule has 5 nitrogen and oxygen atoms in total. The van der Waals surface area contributed by atoms with Crippen molar-refractivity contribution in [3.05, 3.63) is 29.8 Å². The van der Waals surface area contributed by atoms with Crippen molar-refractivity contribution in [2.75, 3.05) is 18.8 Å². The number of anilines is 1. The van der Waals surface area contributed by atoms with Gasteiger partial charge in [-0.05, 0) is 25.0 Å². The Hall–Kier alpha value is -2.04. The number of benzene rings is 1. The number of amides is 2. The zero-order valence-electron chi connectivity index (χ0n) is 10.6. The number of nitrogens with zero attached hydrogens (tertiary/aromatic N) is 1. The fourth-order valence-electron chi connectivity index (χ4n) is 3.05. The first-order valence-corrected chi connectivity index (χ1v) is 6.61. The van der Waals surface area contributed by atoms with Crippen molar-refractivity contribution < 1.29 is 9.59 Å². The molecule has 19 heavy (non-hydrogen) atoms. The van der Waals surface area contributed by atoms with Crippen LogP contribution in [0.5, 0.6) is 0 Å². The van der Waals surface area contributed by atoms with Gasteiger partial charge >= 0.3 is 0 Å². The number of para-hydroxylation sites is 1. The second-order valence-corrected chi connectivity index (χ2v) is 5.15. The SMILES string of the molecule is Nc1ccccc1C(=O)N1CCCC2C(=O)NCC21. The van der Waals surface area contributed by atoms with Gasteiger partial charge in [0.15, 0.2) is 0 Å². The van der Waals surface area contributed by atoms with Gasteiger partial charge in [0.2, 0.25) is 5.91 Å². The van der Waals surface area contributed by atoms with E-state index >= 15 is 0 Å². The molecule has 3 rings (SSSR count). The van der Waals surface area contributed by atoms with E-state index in [-0.39, 0.29) is 23.8 Å². The van der Waals surface area contributed by atoms with Gasteiger partial charge in [-0.25, -0.2) is 0 Å². The van der Waals surface area contributed by atoms with Crippen molar-refractivity contribution in [2.45, 2.75) is 18.9 Å². The maximum Gasteiger partial charge on any atom is 0.256 e. The van der Waals surface area contributed by atoms with Crippen molar-refractivity contribution in [1.29, 1.82) is 0 Å². The molecule has 0 radical (unpaired) electrons. The Balaban J connectivity index is 1.87. The number of fused-ring (bicyclic) bond motifs is 1. The third kappa shape index (κ3) is 1.95. The predicted octanol–water partition coefficient (Wildman–Crippen LogP) is 0.619. The van der Waals surface area contributed by atoms with Crippen LogP contribution in [0.25, 0.3) is 0 Å². The Kier molecular flexibility index (Phi) is 2.89. The maximum absolute atomic E-state index is 12.6. The lowest BCUT2D eigenvalue weighted by Crippen LogP contribution is -2.48. The molecular weight excluding hydrogens is 242 g/mol. The molecule has 0 aromatic heterocycles. The van der Waals surface area contributed by atoms with Crippen LogP contribution in [0.4, 0.5) is 5.69 Å². The molecule has 5 heteroatoms. The lowest BCUT2D eigenvalue weighted by atomic mass is 9.91. The largest absolute Gasteiger partial charge is 0.398 e. The van der Waals surface area contributed by atoms with Crippen molar-refractivity contribution in [2.24, 2.45) is 5.92 Å². The van der Waals surface area contributed by atoms with Gasteiger partial charge in [0, 0.05) is 18.8 Å². The van der Waals surface area contributed by atoms with Gasteiger partial charge in [0.05, 0.1) is 17.5 Å². The number of likely N-dealkylation sites (tertiary alicyclic amines) is 1. The highest BCUT2D eigenvalue weighted by molar-refractivity contribution is 6.00. The summed E-state index contributed by atoms with van der Waals surface area (Å²) in [7, 11) is 0. The van der Waals surface area contributed by atoms with E-state index in [4.69, 9.17) is 5.73 Å². The van der Waals surface area contributed by atoms with Crippen LogP contribution >= 0.6 is 0 Å². The highest BCUT2D eigenvalue weighted by atomic mass is 16.2. The summed E-state index contributed by atoms with van der Waals surface area (Å²) in [6.45, 7) is 1.26. The van der Waals surface area contributed by atoms with Crippen LogP contribution in [0, 0.1) is 5.92 Å². The summed E-state index contributed by atoms with van der Waals surface area (Å²) in [4.78, 5) is 26.1. The van der Waals surface area contributed by atoms with Crippen molar-refractivity contribution in [1.82, 2.24) is 10.2 Å². The van der Waals surface area contributed by atoms with Gasteiger partial charge in [-0.1, -0.05) is 12.1 Å². The molecule has 2 heterocycles. The Morgan fingerprint density at radius 1 is 1.37 bits per heavy atom. The molecule has 2 amide bonds. The summed E-state index contributed by atoms with van der Waals surface area (Å²) in [6.07, 6.45) is 1.73. The van der Waals surface area contributed by atoms with E-state index in [1.165, 1.54) is 0 Å². The number of nitrogens with one attached hydrogen (secondary N) is 1. The molecule has 1 aromatic rings. The molecule has 3 N–H and O–H groups in total. The zero-order valence-corrected chi connectivity index (χ0v) is 10.6. The van der Waals surface area contributed by atoms with Gasteiger partial charge in [-0.2, -0.15) is 0 Å². The fourth-order valence-corrected chi connectivity index (χ4v) is 3.05. The second-order valence-electron chi connectivity index (χ2n) is 5.15. The first-order chi connectivity index (χ1) is 9.18. The summed E-state index contributed by atoms with van der Waals surface area (Å²) in [5.41, 5.74) is 6.89. The molecule has 2 aliphatic heterocycles. The third-order valence-electron chi connectivity index (χ3n) is 4.05. The molecule has 2 unspecified atom stereocenters. The molecule has 0 saturated carbocycles. The average Bonchev–Trinajstić information content (AvgIpc) is 2.80. The summed E-state index contributed by atoms with van der Waals surface area (Å²) in [6, 6.07) is 7.07. The van der Waals surface area contributed by atoms with Gasteiger partial charge < -0.3 is 16.0 Å². The topological polar surface area (TPSA) is 75.4 Å². The molecule has 0 bridgehead atoms. The Labute approximate surface area is 111 Å². The standard InChI is InChI=1S/C14H17N3O2/c15-11-6-2-1-4-9(11)14(19)17-7-3-5-10-12(17)8-16-13(10)18/h1-2,4,6,10,12H,3,5,7-8,15H2,(H,16,18). The Bertz CT molecular complexity index is 529. The van der Waals surface area contributed by atoms with Crippen molar-refractivity contribution in [3.8, 4) is 0 Å². The minimum Gasteiger partial charge on any atom is -0.398 e. The van der Waals surface area contributed by atoms with Gasteiger partial charge in [-0.3, -0.25) is 9.59 Å². The van der Waals surface area contributed by atoms with E-state index in [1.807, 2.05) is 12.1 Å². The molecule has 2 atom stereocenters. The van der Waals surface area contributed by atoms with Crippen LogP contribution in [-0.2, 0) is 4.79 Å². The summed E-state index contributed by atoms with van der Waals surface area (Å²) in [5.74, 6) is -0.0459. The minimum atomic E-state index is -0.0655. The van der Waals surface area contributed by atoms with Crippen molar-refractivity contribution >= 4 is 17.5 Å². The number of hydrogen-bond acceptors (Lipinski definition) is 3. The van der Waals surface area contributed by atoms with Crippen LogP contribution in [0.2, 0.25) is 0 Å². The third-order valence-corrected chi connectivity index (χ3v) is 4.05. The molecule has 2 aliphatic rings. The van der Waals surface area contributed by atoms with Crippen LogP contribution in [0.3, 0.4) is 0 Å². The average molecular weight is 259 g/mol. The quantitative estimate of drug-likeness (QED) is 0.726. The van der Waals surface area contributed by atoms with E-state index in [2.05, 4.69) is 5.32 Å². The highest BCUT2D eigenvalue weighted by Crippen LogP contribution is 2.29. The lowest BCUT2D eigenvalue weighted by Gasteiger charge is -2.36. The van der Waals surface area contributed by atoms with Crippen LogP contribution in [-0.4, -0.2) is 35.8 Å². The van der Waals surface area contributed by atoms with Crippen LogP contribution < -0.4 is 11.1 Å². The number of carbonyl (C=O) groups is 2. The molecular formula is C14H17N3O2. The van der Waals surface area contributed by atoms with E-state index in [0.29, 0.717) is 24.3 Å². The number of nitrogens with two attached hydrogens (primary N) is 1. The Morgan fingerprint density at radius 3 is 2.95 bits per heavy atom. The second kappa shape index (κ2) is 4.57. The number of hydrogen-bond donors (Lipinski definition) is 2. The molecule has 100 valence electrons. The number of rotatable bonds is 1. The molecule has 1 aromatic carbocycles. The number of carbonyl (C=O) groups excluding carboxylic acids is 2. The molecule has 0 aliphatic carbocycles. The fraction of sp³-hybridized carbons (Fsp3) is 0.429. The zero-order chi connectivity index (χ0) is 13.4. The normalized spacial score (nSPS) is 25.9. The maximum atomic E-state index is 12.6. The summed E-state index contributed by atoms with van der Waals surface area (Å²) >= 11 is 0. The lowest BCUT2D eigenvalue weighted by molar-refractivity contribution is -0.123.